The summed E-state index contributed by atoms with van der Waals surface area (Å²) in [4.78, 5) is 43.1. The zero-order valence-electron chi connectivity index (χ0n) is 17.1. The summed E-state index contributed by atoms with van der Waals surface area (Å²) in [6, 6.07) is 7.12. The zero-order valence-corrected chi connectivity index (χ0v) is 17.8. The van der Waals surface area contributed by atoms with Crippen molar-refractivity contribution in [3.63, 3.8) is 0 Å². The molecule has 162 valence electrons. The molecule has 1 fully saturated rings. The first-order valence-corrected chi connectivity index (χ1v) is 10.3. The molecule has 3 aromatic rings. The second-order valence-electron chi connectivity index (χ2n) is 7.62. The monoisotopic (exact) mass is 443 g/mol. The van der Waals surface area contributed by atoms with Crippen molar-refractivity contribution in [1.29, 1.82) is 0 Å². The number of carbonyl (C=O) groups excluding carboxylic acids is 1. The van der Waals surface area contributed by atoms with E-state index in [1.165, 1.54) is 17.4 Å². The molecule has 1 aliphatic heterocycles. The van der Waals surface area contributed by atoms with Gasteiger partial charge in [0.15, 0.2) is 0 Å². The Morgan fingerprint density at radius 3 is 2.68 bits per heavy atom. The van der Waals surface area contributed by atoms with Gasteiger partial charge in [0.2, 0.25) is 11.7 Å². The van der Waals surface area contributed by atoms with Gasteiger partial charge in [0, 0.05) is 36.4 Å². The Labute approximate surface area is 182 Å². The Balaban J connectivity index is 1.71. The van der Waals surface area contributed by atoms with Crippen LogP contribution in [0.3, 0.4) is 0 Å². The van der Waals surface area contributed by atoms with Crippen LogP contribution in [0.2, 0.25) is 5.02 Å². The Kier molecular flexibility index (Phi) is 5.45. The second-order valence-corrected chi connectivity index (χ2v) is 8.06. The molecule has 1 saturated heterocycles. The Bertz CT molecular complexity index is 1220. The summed E-state index contributed by atoms with van der Waals surface area (Å²) in [7, 11) is 1.79. The predicted molar refractivity (Wildman–Crippen MR) is 116 cm³/mol. The number of halogens is 1. The molecule has 10 heteroatoms. The molecule has 0 aliphatic carbocycles. The van der Waals surface area contributed by atoms with Crippen molar-refractivity contribution in [3.8, 4) is 11.3 Å². The van der Waals surface area contributed by atoms with Gasteiger partial charge >= 0.3 is 5.97 Å². The number of fused-ring (bicyclic) bond motifs is 1. The SMILES string of the molecule is C[C@H](NC(=O)[C@@H]1CCCN1c1cc(=O)n2cc(-c3ccc(Cl)cc3)nc2n1C)C(=O)O. The number of amides is 1. The van der Waals surface area contributed by atoms with Gasteiger partial charge in [-0.05, 0) is 31.9 Å². The fourth-order valence-corrected chi connectivity index (χ4v) is 3.99. The van der Waals surface area contributed by atoms with Gasteiger partial charge in [-0.3, -0.25) is 18.8 Å². The van der Waals surface area contributed by atoms with Crippen molar-refractivity contribution in [2.24, 2.45) is 7.05 Å². The van der Waals surface area contributed by atoms with E-state index >= 15 is 0 Å². The lowest BCUT2D eigenvalue weighted by Gasteiger charge is -2.28. The van der Waals surface area contributed by atoms with Crippen molar-refractivity contribution in [2.45, 2.75) is 31.8 Å². The Morgan fingerprint density at radius 2 is 2.00 bits per heavy atom. The fraction of sp³-hybridized carbons (Fsp3) is 0.333. The molecule has 9 nitrogen and oxygen atoms in total. The van der Waals surface area contributed by atoms with Gasteiger partial charge in [-0.25, -0.2) is 4.98 Å². The summed E-state index contributed by atoms with van der Waals surface area (Å²) in [5, 5.41) is 12.2. The summed E-state index contributed by atoms with van der Waals surface area (Å²) in [5.41, 5.74) is 1.20. The van der Waals surface area contributed by atoms with E-state index in [-0.39, 0.29) is 11.5 Å². The summed E-state index contributed by atoms with van der Waals surface area (Å²) >= 11 is 5.96. The lowest BCUT2D eigenvalue weighted by atomic mass is 10.2. The third-order valence-corrected chi connectivity index (χ3v) is 5.79. The van der Waals surface area contributed by atoms with Gasteiger partial charge in [-0.1, -0.05) is 23.7 Å². The highest BCUT2D eigenvalue weighted by molar-refractivity contribution is 6.30. The highest BCUT2D eigenvalue weighted by Gasteiger charge is 2.34. The van der Waals surface area contributed by atoms with Crippen LogP contribution in [0.5, 0.6) is 0 Å². The first kappa shape index (κ1) is 20.9. The third-order valence-electron chi connectivity index (χ3n) is 5.54. The minimum Gasteiger partial charge on any atom is -0.480 e. The van der Waals surface area contributed by atoms with Crippen LogP contribution in [-0.4, -0.2) is 49.6 Å². The summed E-state index contributed by atoms with van der Waals surface area (Å²) in [6.07, 6.45) is 3.00. The van der Waals surface area contributed by atoms with E-state index in [1.54, 1.807) is 29.9 Å². The molecular formula is C21H22ClN5O4. The number of benzene rings is 1. The molecule has 2 N–H and O–H groups in total. The normalized spacial score (nSPS) is 17.1. The van der Waals surface area contributed by atoms with Crippen LogP contribution in [0.1, 0.15) is 19.8 Å². The Hall–Kier alpha value is -3.33. The lowest BCUT2D eigenvalue weighted by molar-refractivity contribution is -0.141. The van der Waals surface area contributed by atoms with Crippen molar-refractivity contribution in [1.82, 2.24) is 19.3 Å². The standard InChI is InChI=1S/C21H22ClN5O4/c1-12(20(30)31)23-19(29)16-4-3-9-26(16)17-10-18(28)27-11-15(24-21(27)25(17)2)13-5-7-14(22)8-6-13/h5-8,10-12,16H,3-4,9H2,1-2H3,(H,23,29)(H,30,31)/t12-,16-/m0/s1. The number of nitrogens with one attached hydrogen (secondary N) is 1. The summed E-state index contributed by atoms with van der Waals surface area (Å²) in [6.45, 7) is 2.00. The van der Waals surface area contributed by atoms with E-state index in [1.807, 2.05) is 17.0 Å². The maximum absolute atomic E-state index is 12.8. The number of rotatable bonds is 5. The maximum Gasteiger partial charge on any atom is 0.325 e. The van der Waals surface area contributed by atoms with Crippen LogP contribution < -0.4 is 15.8 Å². The molecule has 3 heterocycles. The van der Waals surface area contributed by atoms with Gasteiger partial charge in [0.1, 0.15) is 17.9 Å². The molecular weight excluding hydrogens is 422 g/mol. The van der Waals surface area contributed by atoms with Crippen molar-refractivity contribution >= 4 is 35.1 Å². The summed E-state index contributed by atoms with van der Waals surface area (Å²) < 4.78 is 3.23. The van der Waals surface area contributed by atoms with Crippen LogP contribution in [0.15, 0.2) is 41.3 Å². The fourth-order valence-electron chi connectivity index (χ4n) is 3.87. The highest BCUT2D eigenvalue weighted by Crippen LogP contribution is 2.27. The van der Waals surface area contributed by atoms with Crippen molar-refractivity contribution in [2.75, 3.05) is 11.4 Å². The minimum atomic E-state index is -1.10. The number of aromatic nitrogens is 3. The van der Waals surface area contributed by atoms with Gasteiger partial charge in [-0.15, -0.1) is 0 Å². The molecule has 1 aliphatic rings. The maximum atomic E-state index is 12.8. The molecule has 31 heavy (non-hydrogen) atoms. The quantitative estimate of drug-likeness (QED) is 0.623. The second kappa shape index (κ2) is 8.07. The van der Waals surface area contributed by atoms with Gasteiger partial charge in [0.25, 0.3) is 5.56 Å². The average molecular weight is 444 g/mol. The molecule has 2 aromatic heterocycles. The van der Waals surface area contributed by atoms with E-state index in [0.717, 1.165) is 12.0 Å². The molecule has 1 amide bonds. The zero-order chi connectivity index (χ0) is 22.3. The molecule has 2 atom stereocenters. The number of aryl methyl sites for hydroxylation is 1. The van der Waals surface area contributed by atoms with Gasteiger partial charge < -0.3 is 19.9 Å². The number of hydrogen-bond donors (Lipinski definition) is 2. The smallest absolute Gasteiger partial charge is 0.325 e. The van der Waals surface area contributed by atoms with Crippen LogP contribution >= 0.6 is 11.6 Å². The van der Waals surface area contributed by atoms with E-state index in [4.69, 9.17) is 16.7 Å². The molecule has 0 saturated carbocycles. The summed E-state index contributed by atoms with van der Waals surface area (Å²) in [5.74, 6) is -0.465. The molecule has 4 rings (SSSR count). The van der Waals surface area contributed by atoms with Crippen LogP contribution in [0.4, 0.5) is 5.82 Å². The molecule has 0 radical (unpaired) electrons. The Morgan fingerprint density at radius 1 is 1.29 bits per heavy atom. The van der Waals surface area contributed by atoms with Crippen LogP contribution in [0.25, 0.3) is 17.0 Å². The predicted octanol–water partition coefficient (Wildman–Crippen LogP) is 1.91. The van der Waals surface area contributed by atoms with E-state index in [2.05, 4.69) is 10.3 Å². The van der Waals surface area contributed by atoms with Crippen molar-refractivity contribution < 1.29 is 14.7 Å². The number of nitrogens with zero attached hydrogens (tertiary/aromatic N) is 4. The number of carbonyl (C=O) groups is 2. The average Bonchev–Trinajstić information content (AvgIpc) is 3.39. The largest absolute Gasteiger partial charge is 0.480 e. The number of anilines is 1. The lowest BCUT2D eigenvalue weighted by Crippen LogP contribution is -2.49. The number of imidazole rings is 1. The van der Waals surface area contributed by atoms with Crippen LogP contribution in [-0.2, 0) is 16.6 Å². The number of hydrogen-bond acceptors (Lipinski definition) is 5. The number of carboxylic acid groups (broad SMARTS) is 1. The van der Waals surface area contributed by atoms with Crippen molar-refractivity contribution in [3.05, 3.63) is 51.9 Å². The molecule has 0 spiro atoms. The van der Waals surface area contributed by atoms with Gasteiger partial charge in [0.05, 0.1) is 5.69 Å². The molecule has 0 bridgehead atoms. The minimum absolute atomic E-state index is 0.263. The van der Waals surface area contributed by atoms with E-state index in [0.29, 0.717) is 35.3 Å². The van der Waals surface area contributed by atoms with E-state index < -0.39 is 18.1 Å². The third kappa shape index (κ3) is 3.88. The van der Waals surface area contributed by atoms with Crippen LogP contribution in [0, 0.1) is 0 Å². The first-order chi connectivity index (χ1) is 14.8. The van der Waals surface area contributed by atoms with E-state index in [9.17, 15) is 14.4 Å². The topological polar surface area (TPSA) is 109 Å². The van der Waals surface area contributed by atoms with Gasteiger partial charge in [-0.2, -0.15) is 0 Å². The molecule has 1 aromatic carbocycles. The molecule has 0 unspecified atom stereocenters. The first-order valence-electron chi connectivity index (χ1n) is 9.91. The number of aliphatic carboxylic acids is 1. The highest BCUT2D eigenvalue weighted by atomic mass is 35.5. The number of carboxylic acids is 1.